The molecule has 0 bridgehead atoms. The molecule has 0 aliphatic carbocycles. The Balaban J connectivity index is 1.28. The van der Waals surface area contributed by atoms with Gasteiger partial charge in [0.15, 0.2) is 11.5 Å². The number of carbonyl (C=O) groups excluding carboxylic acids is 1. The van der Waals surface area contributed by atoms with Crippen LogP contribution >= 0.6 is 0 Å². The van der Waals surface area contributed by atoms with Crippen LogP contribution in [0.3, 0.4) is 0 Å². The van der Waals surface area contributed by atoms with Crippen molar-refractivity contribution in [2.45, 2.75) is 61.4 Å². The summed E-state index contributed by atoms with van der Waals surface area (Å²) in [6, 6.07) is 9.68. The minimum Gasteiger partial charge on any atom is -0.493 e. The molecular formula is C30H34O17. The molecule has 0 amide bonds. The molecule has 2 aromatic carbocycles. The number of carbonyl (C=O) groups is 1. The van der Waals surface area contributed by atoms with Crippen molar-refractivity contribution in [2.24, 2.45) is 0 Å². The lowest BCUT2D eigenvalue weighted by Gasteiger charge is -2.40. The molecule has 17 nitrogen and oxygen atoms in total. The fraction of sp³-hybridized carbons (Fsp3) is 0.467. The van der Waals surface area contributed by atoms with Crippen LogP contribution in [0.25, 0.3) is 11.0 Å². The molecule has 47 heavy (non-hydrogen) atoms. The van der Waals surface area contributed by atoms with Crippen LogP contribution in [0, 0.1) is 0 Å². The van der Waals surface area contributed by atoms with Crippen LogP contribution in [-0.4, -0.2) is 131 Å². The topological polar surface area (TPSA) is 253 Å². The van der Waals surface area contributed by atoms with Gasteiger partial charge in [-0.1, -0.05) is 0 Å². The Morgan fingerprint density at radius 2 is 1.32 bits per heavy atom. The number of esters is 1. The van der Waals surface area contributed by atoms with Gasteiger partial charge in [0, 0.05) is 17.5 Å². The Morgan fingerprint density at radius 1 is 0.745 bits per heavy atom. The number of aliphatic hydroxyl groups excluding tert-OH is 7. The van der Waals surface area contributed by atoms with E-state index in [1.807, 2.05) is 0 Å². The number of hydrogen-bond acceptors (Lipinski definition) is 17. The number of aliphatic hydroxyl groups is 7. The van der Waals surface area contributed by atoms with Crippen LogP contribution in [0.1, 0.15) is 10.4 Å². The highest BCUT2D eigenvalue weighted by molar-refractivity contribution is 5.91. The standard InChI is InChI=1S/C30H34O17/c1-40-16-7-13(8-17(41-2)27(16)47-30-26(38)23(35)21(33)18(10-31)45-30)28(39)42-11-19-22(34)24(36)25(37)29(46-19)43-14-5-3-12-4-6-20(32)44-15(12)9-14/h3-9,18-19,21-26,29-31,33-38H,10-11H2,1-2H3/t18-,19-,21-,22-,23+,24+,25-,26-,29-,30+/m1/s1. The predicted molar refractivity (Wildman–Crippen MR) is 154 cm³/mol. The molecule has 17 heteroatoms. The first-order valence-corrected chi connectivity index (χ1v) is 14.3. The fourth-order valence-electron chi connectivity index (χ4n) is 5.04. The molecule has 256 valence electrons. The van der Waals surface area contributed by atoms with Gasteiger partial charge in [-0.2, -0.15) is 0 Å². The van der Waals surface area contributed by atoms with Gasteiger partial charge >= 0.3 is 11.6 Å². The minimum absolute atomic E-state index is 0.0968. The van der Waals surface area contributed by atoms with Gasteiger partial charge in [0.05, 0.1) is 26.4 Å². The van der Waals surface area contributed by atoms with Crippen molar-refractivity contribution in [3.8, 4) is 23.0 Å². The second kappa shape index (κ2) is 14.4. The lowest BCUT2D eigenvalue weighted by atomic mass is 9.99. The summed E-state index contributed by atoms with van der Waals surface area (Å²) < 4.78 is 43.4. The third kappa shape index (κ3) is 7.13. The van der Waals surface area contributed by atoms with Crippen molar-refractivity contribution in [3.63, 3.8) is 0 Å². The molecule has 2 fully saturated rings. The van der Waals surface area contributed by atoms with E-state index in [0.717, 1.165) is 0 Å². The summed E-state index contributed by atoms with van der Waals surface area (Å²) in [5, 5.41) is 72.0. The van der Waals surface area contributed by atoms with E-state index in [1.54, 1.807) is 12.1 Å². The molecule has 0 saturated carbocycles. The van der Waals surface area contributed by atoms with Crippen LogP contribution < -0.4 is 24.6 Å². The van der Waals surface area contributed by atoms with Crippen molar-refractivity contribution in [2.75, 3.05) is 27.4 Å². The van der Waals surface area contributed by atoms with Crippen LogP contribution in [-0.2, 0) is 14.2 Å². The van der Waals surface area contributed by atoms with E-state index in [-0.39, 0.29) is 34.1 Å². The summed E-state index contributed by atoms with van der Waals surface area (Å²) in [5.41, 5.74) is -0.520. The van der Waals surface area contributed by atoms with Gasteiger partial charge in [0.1, 0.15) is 66.8 Å². The first-order chi connectivity index (χ1) is 22.4. The van der Waals surface area contributed by atoms with Crippen LogP contribution in [0.2, 0.25) is 0 Å². The summed E-state index contributed by atoms with van der Waals surface area (Å²) in [6.45, 7) is -1.29. The van der Waals surface area contributed by atoms with E-state index >= 15 is 0 Å². The van der Waals surface area contributed by atoms with E-state index in [0.29, 0.717) is 5.39 Å². The third-order valence-electron chi connectivity index (χ3n) is 7.67. The Labute approximate surface area is 265 Å². The molecular weight excluding hydrogens is 632 g/mol. The van der Waals surface area contributed by atoms with E-state index in [9.17, 15) is 45.3 Å². The van der Waals surface area contributed by atoms with Crippen molar-refractivity contribution in [1.82, 2.24) is 0 Å². The molecule has 7 N–H and O–H groups in total. The molecule has 3 heterocycles. The number of hydrogen-bond donors (Lipinski definition) is 7. The van der Waals surface area contributed by atoms with E-state index in [4.69, 9.17) is 37.6 Å². The molecule has 2 aliphatic heterocycles. The maximum atomic E-state index is 13.1. The van der Waals surface area contributed by atoms with E-state index in [1.165, 1.54) is 44.6 Å². The highest BCUT2D eigenvalue weighted by Crippen LogP contribution is 2.41. The SMILES string of the molecule is COc1cc(C(=O)OC[C@H]2O[C@@H](Oc3ccc4ccc(=O)oc4c3)[C@H](O)[C@@H](O)[C@@H]2O)cc(OC)c1O[C@@H]1O[C@H](CO)[C@@H](O)[C@H](O)[C@H]1O. The van der Waals surface area contributed by atoms with Crippen LogP contribution in [0.15, 0.2) is 51.7 Å². The largest absolute Gasteiger partial charge is 0.493 e. The maximum absolute atomic E-state index is 13.1. The van der Waals surface area contributed by atoms with Crippen molar-refractivity contribution in [3.05, 3.63) is 58.4 Å². The first-order valence-electron chi connectivity index (χ1n) is 14.3. The van der Waals surface area contributed by atoms with Crippen molar-refractivity contribution >= 4 is 16.9 Å². The maximum Gasteiger partial charge on any atom is 0.338 e. The van der Waals surface area contributed by atoms with Gasteiger partial charge in [0.25, 0.3) is 0 Å². The predicted octanol–water partition coefficient (Wildman–Crippen LogP) is -1.97. The number of benzene rings is 2. The average Bonchev–Trinajstić information content (AvgIpc) is 3.07. The Hall–Kier alpha value is -4.04. The molecule has 2 saturated heterocycles. The van der Waals surface area contributed by atoms with Gasteiger partial charge in [-0.3, -0.25) is 0 Å². The summed E-state index contributed by atoms with van der Waals surface area (Å²) >= 11 is 0. The molecule has 0 radical (unpaired) electrons. The highest BCUT2D eigenvalue weighted by Gasteiger charge is 2.47. The smallest absolute Gasteiger partial charge is 0.338 e. The first kappa shape index (κ1) is 34.3. The summed E-state index contributed by atoms with van der Waals surface area (Å²) in [4.78, 5) is 24.7. The zero-order valence-electron chi connectivity index (χ0n) is 24.9. The normalized spacial score (nSPS) is 30.8. The summed E-state index contributed by atoms with van der Waals surface area (Å²) in [5.74, 6) is -1.20. The Kier molecular flexibility index (Phi) is 10.5. The summed E-state index contributed by atoms with van der Waals surface area (Å²) in [7, 11) is 2.48. The minimum atomic E-state index is -1.75. The second-order valence-electron chi connectivity index (χ2n) is 10.7. The lowest BCUT2D eigenvalue weighted by molar-refractivity contribution is -0.277. The zero-order chi connectivity index (χ0) is 34.0. The average molecular weight is 667 g/mol. The monoisotopic (exact) mass is 666 g/mol. The van der Waals surface area contributed by atoms with Crippen LogP contribution in [0.4, 0.5) is 0 Å². The van der Waals surface area contributed by atoms with Crippen molar-refractivity contribution < 1.29 is 78.1 Å². The molecule has 1 aromatic heterocycles. The van der Waals surface area contributed by atoms with Gasteiger partial charge in [-0.15, -0.1) is 0 Å². The molecule has 0 unspecified atom stereocenters. The quantitative estimate of drug-likeness (QED) is 0.0915. The van der Waals surface area contributed by atoms with Crippen LogP contribution in [0.5, 0.6) is 23.0 Å². The highest BCUT2D eigenvalue weighted by atomic mass is 16.7. The molecule has 2 aliphatic rings. The number of methoxy groups -OCH3 is 2. The second-order valence-corrected chi connectivity index (χ2v) is 10.7. The number of fused-ring (bicyclic) bond motifs is 1. The molecule has 0 spiro atoms. The van der Waals surface area contributed by atoms with Gasteiger partial charge in [-0.25, -0.2) is 9.59 Å². The molecule has 3 aromatic rings. The fourth-order valence-corrected chi connectivity index (χ4v) is 5.04. The van der Waals surface area contributed by atoms with Crippen molar-refractivity contribution in [1.29, 1.82) is 0 Å². The Morgan fingerprint density at radius 3 is 1.94 bits per heavy atom. The van der Waals surface area contributed by atoms with Gasteiger partial charge in [0.2, 0.25) is 18.3 Å². The third-order valence-corrected chi connectivity index (χ3v) is 7.67. The Bertz CT molecular complexity index is 1580. The number of ether oxygens (including phenoxy) is 7. The van der Waals surface area contributed by atoms with Gasteiger partial charge < -0.3 is 73.3 Å². The van der Waals surface area contributed by atoms with E-state index < -0.39 is 86.2 Å². The molecule has 10 atom stereocenters. The number of rotatable bonds is 10. The van der Waals surface area contributed by atoms with E-state index in [2.05, 4.69) is 0 Å². The lowest BCUT2D eigenvalue weighted by Crippen LogP contribution is -2.60. The van der Waals surface area contributed by atoms with Gasteiger partial charge in [-0.05, 0) is 30.3 Å². The molecule has 5 rings (SSSR count). The summed E-state index contributed by atoms with van der Waals surface area (Å²) in [6.07, 6.45) is -15.9. The zero-order valence-corrected chi connectivity index (χ0v) is 24.9.